The molecule has 1 aliphatic carbocycles. The SMILES string of the molecule is CC(C)(C)OC(=O)Cc1ccc(Oc2cc(NC(=O)C3CC3)ncn2)nc1. The number of carbonyl (C=O) groups is 2. The van der Waals surface area contributed by atoms with E-state index < -0.39 is 5.60 Å². The van der Waals surface area contributed by atoms with Crippen LogP contribution in [0.1, 0.15) is 39.2 Å². The molecule has 27 heavy (non-hydrogen) atoms. The third-order valence-electron chi connectivity index (χ3n) is 3.62. The highest BCUT2D eigenvalue weighted by atomic mass is 16.6. The van der Waals surface area contributed by atoms with Gasteiger partial charge in [0.15, 0.2) is 0 Å². The second-order valence-corrected chi connectivity index (χ2v) is 7.37. The number of aromatic nitrogens is 3. The van der Waals surface area contributed by atoms with Crippen molar-refractivity contribution >= 4 is 17.7 Å². The van der Waals surface area contributed by atoms with Gasteiger partial charge in [-0.1, -0.05) is 6.07 Å². The van der Waals surface area contributed by atoms with Crippen molar-refractivity contribution in [1.82, 2.24) is 15.0 Å². The van der Waals surface area contributed by atoms with E-state index in [0.717, 1.165) is 18.4 Å². The van der Waals surface area contributed by atoms with E-state index >= 15 is 0 Å². The van der Waals surface area contributed by atoms with Crippen LogP contribution in [0, 0.1) is 5.92 Å². The van der Waals surface area contributed by atoms with Gasteiger partial charge in [-0.25, -0.2) is 15.0 Å². The quantitative estimate of drug-likeness (QED) is 0.780. The van der Waals surface area contributed by atoms with E-state index in [4.69, 9.17) is 9.47 Å². The molecule has 1 amide bonds. The van der Waals surface area contributed by atoms with Gasteiger partial charge in [0.2, 0.25) is 17.7 Å². The summed E-state index contributed by atoms with van der Waals surface area (Å²) in [5.74, 6) is 0.709. The maximum atomic E-state index is 11.8. The number of anilines is 1. The van der Waals surface area contributed by atoms with Crippen molar-refractivity contribution in [3.63, 3.8) is 0 Å². The van der Waals surface area contributed by atoms with E-state index in [0.29, 0.717) is 11.7 Å². The molecule has 1 fully saturated rings. The van der Waals surface area contributed by atoms with E-state index in [1.807, 2.05) is 20.8 Å². The number of carbonyl (C=O) groups excluding carboxylic acids is 2. The van der Waals surface area contributed by atoms with Gasteiger partial charge in [-0.15, -0.1) is 0 Å². The summed E-state index contributed by atoms with van der Waals surface area (Å²) < 4.78 is 10.9. The molecular weight excluding hydrogens is 348 g/mol. The Hall–Kier alpha value is -3.03. The van der Waals surface area contributed by atoms with Crippen LogP contribution in [0.2, 0.25) is 0 Å². The molecule has 1 N–H and O–H groups in total. The molecule has 0 saturated heterocycles. The highest BCUT2D eigenvalue weighted by Crippen LogP contribution is 2.30. The van der Waals surface area contributed by atoms with Crippen molar-refractivity contribution in [1.29, 1.82) is 0 Å². The minimum absolute atomic E-state index is 0.0377. The molecule has 1 saturated carbocycles. The smallest absolute Gasteiger partial charge is 0.310 e. The average Bonchev–Trinajstić information content (AvgIpc) is 3.40. The van der Waals surface area contributed by atoms with Gasteiger partial charge in [-0.05, 0) is 39.2 Å². The number of ether oxygens (including phenoxy) is 2. The molecule has 2 heterocycles. The van der Waals surface area contributed by atoms with Gasteiger partial charge >= 0.3 is 5.97 Å². The summed E-state index contributed by atoms with van der Waals surface area (Å²) in [4.78, 5) is 35.8. The summed E-state index contributed by atoms with van der Waals surface area (Å²) in [5, 5.41) is 2.74. The maximum Gasteiger partial charge on any atom is 0.310 e. The van der Waals surface area contributed by atoms with E-state index in [-0.39, 0.29) is 30.1 Å². The largest absolute Gasteiger partial charge is 0.460 e. The van der Waals surface area contributed by atoms with E-state index in [2.05, 4.69) is 20.3 Å². The molecule has 1 aliphatic rings. The third kappa shape index (κ3) is 6.02. The minimum atomic E-state index is -0.521. The van der Waals surface area contributed by atoms with Crippen molar-refractivity contribution in [3.05, 3.63) is 36.3 Å². The molecule has 0 radical (unpaired) electrons. The summed E-state index contributed by atoms with van der Waals surface area (Å²) in [5.41, 5.74) is 0.199. The summed E-state index contributed by atoms with van der Waals surface area (Å²) in [7, 11) is 0. The lowest BCUT2D eigenvalue weighted by molar-refractivity contribution is -0.153. The fourth-order valence-electron chi connectivity index (χ4n) is 2.26. The first kappa shape index (κ1) is 18.8. The van der Waals surface area contributed by atoms with Crippen LogP contribution in [-0.2, 0) is 20.7 Å². The van der Waals surface area contributed by atoms with Gasteiger partial charge in [0.1, 0.15) is 17.7 Å². The summed E-state index contributed by atoms with van der Waals surface area (Å²) in [6, 6.07) is 4.92. The number of pyridine rings is 1. The van der Waals surface area contributed by atoms with Crippen LogP contribution in [0.4, 0.5) is 5.82 Å². The Morgan fingerprint density at radius 1 is 1.15 bits per heavy atom. The first-order valence-electron chi connectivity index (χ1n) is 8.76. The topological polar surface area (TPSA) is 103 Å². The molecule has 8 heteroatoms. The number of nitrogens with zero attached hydrogens (tertiary/aromatic N) is 3. The van der Waals surface area contributed by atoms with Crippen LogP contribution in [-0.4, -0.2) is 32.4 Å². The number of hydrogen-bond donors (Lipinski definition) is 1. The van der Waals surface area contributed by atoms with Crippen LogP contribution in [0.15, 0.2) is 30.7 Å². The molecule has 2 aromatic heterocycles. The molecule has 8 nitrogen and oxygen atoms in total. The van der Waals surface area contributed by atoms with Gasteiger partial charge in [0, 0.05) is 24.2 Å². The maximum absolute atomic E-state index is 11.8. The molecule has 0 spiro atoms. The van der Waals surface area contributed by atoms with Gasteiger partial charge in [-0.2, -0.15) is 0 Å². The van der Waals surface area contributed by atoms with Gasteiger partial charge in [-0.3, -0.25) is 9.59 Å². The second kappa shape index (κ2) is 7.69. The molecule has 142 valence electrons. The van der Waals surface area contributed by atoms with Crippen molar-refractivity contribution in [3.8, 4) is 11.8 Å². The van der Waals surface area contributed by atoms with Gasteiger partial charge in [0.05, 0.1) is 6.42 Å². The fraction of sp³-hybridized carbons (Fsp3) is 0.421. The molecule has 0 unspecified atom stereocenters. The summed E-state index contributed by atoms with van der Waals surface area (Å²) in [6.45, 7) is 5.47. The first-order chi connectivity index (χ1) is 12.8. The lowest BCUT2D eigenvalue weighted by Crippen LogP contribution is -2.24. The molecule has 0 bridgehead atoms. The zero-order valence-corrected chi connectivity index (χ0v) is 15.6. The lowest BCUT2D eigenvalue weighted by Gasteiger charge is -2.19. The Morgan fingerprint density at radius 2 is 1.93 bits per heavy atom. The fourth-order valence-corrected chi connectivity index (χ4v) is 2.26. The standard InChI is InChI=1S/C19H22N4O4/c1-19(2,3)27-17(24)8-12-4-7-15(20-10-12)26-16-9-14(21-11-22-16)23-18(25)13-5-6-13/h4,7,9-11,13H,5-6,8H2,1-3H3,(H,21,22,23,25). The Labute approximate surface area is 157 Å². The molecule has 0 atom stereocenters. The van der Waals surface area contributed by atoms with E-state index in [1.54, 1.807) is 18.3 Å². The van der Waals surface area contributed by atoms with Crippen molar-refractivity contribution in [2.75, 3.05) is 5.32 Å². The predicted octanol–water partition coefficient (Wildman–Crippen LogP) is 2.90. The van der Waals surface area contributed by atoms with Crippen molar-refractivity contribution < 1.29 is 19.1 Å². The summed E-state index contributed by atoms with van der Waals surface area (Å²) >= 11 is 0. The Balaban J connectivity index is 1.58. The zero-order chi connectivity index (χ0) is 19.4. The highest BCUT2D eigenvalue weighted by molar-refractivity contribution is 5.93. The van der Waals surface area contributed by atoms with Crippen LogP contribution in [0.25, 0.3) is 0 Å². The number of amides is 1. The molecule has 3 rings (SSSR count). The normalized spacial score (nSPS) is 13.7. The van der Waals surface area contributed by atoms with Crippen LogP contribution in [0.3, 0.4) is 0 Å². The molecule has 0 aliphatic heterocycles. The third-order valence-corrected chi connectivity index (χ3v) is 3.62. The van der Waals surface area contributed by atoms with Gasteiger partial charge in [0.25, 0.3) is 0 Å². The second-order valence-electron chi connectivity index (χ2n) is 7.37. The molecular formula is C19H22N4O4. The Morgan fingerprint density at radius 3 is 2.56 bits per heavy atom. The van der Waals surface area contributed by atoms with Crippen LogP contribution < -0.4 is 10.1 Å². The van der Waals surface area contributed by atoms with E-state index in [9.17, 15) is 9.59 Å². The van der Waals surface area contributed by atoms with E-state index in [1.165, 1.54) is 12.4 Å². The Kier molecular flexibility index (Phi) is 5.34. The van der Waals surface area contributed by atoms with Crippen LogP contribution >= 0.6 is 0 Å². The molecule has 2 aromatic rings. The van der Waals surface area contributed by atoms with Crippen molar-refractivity contribution in [2.24, 2.45) is 5.92 Å². The monoisotopic (exact) mass is 370 g/mol. The summed E-state index contributed by atoms with van der Waals surface area (Å²) in [6.07, 6.45) is 4.83. The number of esters is 1. The predicted molar refractivity (Wildman–Crippen MR) is 97.2 cm³/mol. The number of rotatable bonds is 6. The van der Waals surface area contributed by atoms with Crippen LogP contribution in [0.5, 0.6) is 11.8 Å². The lowest BCUT2D eigenvalue weighted by atomic mass is 10.2. The van der Waals surface area contributed by atoms with Gasteiger partial charge < -0.3 is 14.8 Å². The van der Waals surface area contributed by atoms with Crippen molar-refractivity contribution in [2.45, 2.75) is 45.6 Å². The Bertz CT molecular complexity index is 826. The molecule has 0 aromatic carbocycles. The highest BCUT2D eigenvalue weighted by Gasteiger charge is 2.29. The number of nitrogens with one attached hydrogen (secondary N) is 1. The average molecular weight is 370 g/mol. The zero-order valence-electron chi connectivity index (χ0n) is 15.6. The minimum Gasteiger partial charge on any atom is -0.460 e. The number of hydrogen-bond acceptors (Lipinski definition) is 7. The first-order valence-corrected chi connectivity index (χ1v) is 8.76.